The molecule has 1 aromatic heterocycles. The molecule has 420 valence electrons. The number of aliphatic hydroxyl groups excluding tert-OH is 2. The van der Waals surface area contributed by atoms with Gasteiger partial charge >= 0.3 is 47.4 Å². The highest BCUT2D eigenvalue weighted by molar-refractivity contribution is 5.93. The molecule has 2 saturated heterocycles. The number of aliphatic hydroxyl groups is 3. The largest absolute Gasteiger partial charge is 0.462 e. The fourth-order valence-electron chi connectivity index (χ4n) is 12.1. The fourth-order valence-corrected chi connectivity index (χ4v) is 12.1. The van der Waals surface area contributed by atoms with Crippen molar-refractivity contribution in [2.24, 2.45) is 16.7 Å². The number of nitrogens with two attached hydrogens (primary N) is 1. The zero-order valence-electron chi connectivity index (χ0n) is 43.2. The summed E-state index contributed by atoms with van der Waals surface area (Å²) in [5.41, 5.74) is -2.35. The molecule has 2 aromatic carbocycles. The number of alkyl halides is 2. The molecule has 1 amide bonds. The maximum absolute atomic E-state index is 15.2. The van der Waals surface area contributed by atoms with E-state index in [0.29, 0.717) is 4.57 Å². The molecule has 0 spiro atoms. The van der Waals surface area contributed by atoms with E-state index in [9.17, 15) is 53.7 Å². The van der Waals surface area contributed by atoms with Crippen LogP contribution in [-0.2, 0) is 66.7 Å². The Balaban J connectivity index is 1.14. The van der Waals surface area contributed by atoms with E-state index >= 15 is 8.78 Å². The smallest absolute Gasteiger partial charge is 0.351 e. The Morgan fingerprint density at radius 3 is 2.19 bits per heavy atom. The predicted octanol–water partition coefficient (Wildman–Crippen LogP) is 2.09. The molecule has 3 aliphatic carbocycles. The summed E-state index contributed by atoms with van der Waals surface area (Å²) in [6.07, 6.45) is -17.2. The third-order valence-electron chi connectivity index (χ3n) is 15.9. The number of nitrogens with zero attached hydrogens (tertiary/aromatic N) is 2. The number of carbonyl (C=O) groups is 7. The first-order valence-corrected chi connectivity index (χ1v) is 24.9. The molecule has 2 bridgehead atoms. The lowest BCUT2D eigenvalue weighted by Gasteiger charge is -2.68. The number of benzene rings is 2. The van der Waals surface area contributed by atoms with Gasteiger partial charge in [-0.3, -0.25) is 28.5 Å². The molecule has 2 saturated carbocycles. The number of nitrogen functional groups attached to an aromatic ring is 1. The molecule has 5 aliphatic rings. The van der Waals surface area contributed by atoms with Crippen LogP contribution in [0.4, 0.5) is 14.6 Å². The second-order valence-electron chi connectivity index (χ2n) is 21.0. The number of nitrogens with one attached hydrogen (secondary N) is 1. The molecular weight excluding hydrogens is 1030 g/mol. The Labute approximate surface area is 444 Å². The van der Waals surface area contributed by atoms with Crippen molar-refractivity contribution >= 4 is 48.0 Å². The van der Waals surface area contributed by atoms with Crippen molar-refractivity contribution in [2.75, 3.05) is 18.9 Å². The van der Waals surface area contributed by atoms with E-state index < -0.39 is 156 Å². The van der Waals surface area contributed by atoms with Gasteiger partial charge in [-0.15, -0.1) is 0 Å². The minimum Gasteiger partial charge on any atom is -0.462 e. The summed E-state index contributed by atoms with van der Waals surface area (Å²) in [4.78, 5) is 111. The Kier molecular flexibility index (Phi) is 15.8. The van der Waals surface area contributed by atoms with Crippen molar-refractivity contribution in [3.63, 3.8) is 0 Å². The van der Waals surface area contributed by atoms with Gasteiger partial charge in [-0.05, 0) is 48.3 Å². The van der Waals surface area contributed by atoms with Crippen LogP contribution >= 0.6 is 0 Å². The van der Waals surface area contributed by atoms with Crippen LogP contribution in [-0.4, -0.2) is 146 Å². The number of amides is 1. The second kappa shape index (κ2) is 21.6. The summed E-state index contributed by atoms with van der Waals surface area (Å²) >= 11 is 0. The maximum Gasteiger partial charge on any atom is 0.351 e. The first-order chi connectivity index (χ1) is 36.7. The molecule has 4 fully saturated rings. The van der Waals surface area contributed by atoms with Gasteiger partial charge in [0.2, 0.25) is 18.7 Å². The Hall–Kier alpha value is -7.19. The first-order valence-electron chi connectivity index (χ1n) is 24.9. The number of esters is 6. The lowest BCUT2D eigenvalue weighted by Crippen LogP contribution is -2.80. The molecule has 78 heavy (non-hydrogen) atoms. The number of rotatable bonds is 16. The van der Waals surface area contributed by atoms with Crippen molar-refractivity contribution in [3.05, 3.63) is 106 Å². The number of aromatic nitrogens is 2. The van der Waals surface area contributed by atoms with Gasteiger partial charge in [0.25, 0.3) is 0 Å². The molecule has 2 aliphatic heterocycles. The van der Waals surface area contributed by atoms with Crippen LogP contribution in [0.15, 0.2) is 88.9 Å². The fraction of sp³-hybridized carbons (Fsp3) is 0.528. The number of carbonyl (C=O) groups excluding carboxylic acids is 7. The quantitative estimate of drug-likeness (QED) is 0.0451. The third kappa shape index (κ3) is 10.2. The standard InChI is InChI=1S/C53H60F2N4O19/c1-26-31(74-46(68)41(40(57-25-60)29-13-9-7-10-14-29)76-38(65)20-37(64)71-23-33-43(66)53(54,55)47(75-33)59-18-17-36(56)58-48(59)69)22-52(70)44(77-45(67)30-15-11-8-12-16-30)42-50(6,21-32(73-27(2)61)39(26)49(52,4)5)34(63)19-35-51(42,24-72-35)78-28(3)62/h7-18,25,31-35,40-44,47,63,66,70H,19-24H2,1-6H3,(H,57,60)(H2,56,58,69)/t31-,32-,33+,34-,35+,40+,41-,42-,43?,44-,47+,50+,51-,52+/m0/s1. The van der Waals surface area contributed by atoms with Gasteiger partial charge in [0.15, 0.2) is 11.7 Å². The minimum absolute atomic E-state index is 0.0541. The number of ether oxygens (including phenoxy) is 8. The van der Waals surface area contributed by atoms with Crippen molar-refractivity contribution in [3.8, 4) is 0 Å². The van der Waals surface area contributed by atoms with Gasteiger partial charge in [0.05, 0.1) is 24.2 Å². The second-order valence-corrected chi connectivity index (χ2v) is 21.0. The topological polar surface area (TPSA) is 327 Å². The molecule has 8 rings (SSSR count). The van der Waals surface area contributed by atoms with Crippen LogP contribution in [0.3, 0.4) is 0 Å². The van der Waals surface area contributed by atoms with E-state index in [1.807, 2.05) is 0 Å². The maximum atomic E-state index is 15.2. The molecule has 3 aromatic rings. The van der Waals surface area contributed by atoms with Crippen molar-refractivity contribution in [1.82, 2.24) is 14.9 Å². The summed E-state index contributed by atoms with van der Waals surface area (Å²) in [5.74, 6) is -12.5. The van der Waals surface area contributed by atoms with E-state index in [1.165, 1.54) is 43.3 Å². The lowest BCUT2D eigenvalue weighted by molar-refractivity contribution is -0.354. The average molecular weight is 1100 g/mol. The number of halogens is 2. The summed E-state index contributed by atoms with van der Waals surface area (Å²) in [6, 6.07) is 14.9. The average Bonchev–Trinajstić information content (AvgIpc) is 3.47. The van der Waals surface area contributed by atoms with Crippen molar-refractivity contribution in [1.29, 1.82) is 0 Å². The van der Waals surface area contributed by atoms with Crippen molar-refractivity contribution < 1.29 is 95.6 Å². The van der Waals surface area contributed by atoms with E-state index in [2.05, 4.69) is 10.3 Å². The third-order valence-corrected chi connectivity index (χ3v) is 15.9. The lowest BCUT2D eigenvalue weighted by atomic mass is 9.45. The van der Waals surface area contributed by atoms with E-state index in [4.69, 9.17) is 43.6 Å². The normalized spacial score (nSPS) is 32.1. The van der Waals surface area contributed by atoms with Crippen LogP contribution in [0.2, 0.25) is 0 Å². The molecule has 1 unspecified atom stereocenters. The molecule has 3 heterocycles. The van der Waals surface area contributed by atoms with Gasteiger partial charge in [-0.25, -0.2) is 14.4 Å². The predicted molar refractivity (Wildman–Crippen MR) is 260 cm³/mol. The molecule has 23 nitrogen and oxygen atoms in total. The van der Waals surface area contributed by atoms with Crippen molar-refractivity contribution in [2.45, 2.75) is 145 Å². The van der Waals surface area contributed by atoms with Gasteiger partial charge in [0.1, 0.15) is 61.0 Å². The van der Waals surface area contributed by atoms with Gasteiger partial charge in [-0.2, -0.15) is 13.8 Å². The van der Waals surface area contributed by atoms with Crippen LogP contribution in [0.5, 0.6) is 0 Å². The monoisotopic (exact) mass is 1090 g/mol. The van der Waals surface area contributed by atoms with Gasteiger partial charge in [0, 0.05) is 43.7 Å². The van der Waals surface area contributed by atoms with Crippen LogP contribution in [0, 0.1) is 16.7 Å². The summed E-state index contributed by atoms with van der Waals surface area (Å²) in [5, 5.41) is 39.0. The zero-order chi connectivity index (χ0) is 56.9. The van der Waals surface area contributed by atoms with Crippen LogP contribution in [0.1, 0.15) is 95.4 Å². The summed E-state index contributed by atoms with van der Waals surface area (Å²) in [6.45, 7) is 7.37. The molecule has 14 atom stereocenters. The SMILES string of the molecule is CC(=O)O[C@H]1C[C@]2(C)[C@@H](O)C[C@H]3OC[C@@]3(OC(C)=O)[C@H]2[C@H](OC(=O)c2ccccc2)[C@]2(O)C[C@H](OC(=O)[C@@H](OC(=O)CC(=O)OC[C@H]3O[C@@H](n4ccc(N)nc4=O)C(F)(F)C3O)[C@H](NC=O)c3ccccc3)C(C)=C1C2(C)C. The minimum atomic E-state index is -4.12. The number of fused-ring (bicyclic) bond motifs is 5. The Morgan fingerprint density at radius 2 is 1.59 bits per heavy atom. The van der Waals surface area contributed by atoms with E-state index in [0.717, 1.165) is 26.1 Å². The highest BCUT2D eigenvalue weighted by Crippen LogP contribution is 2.65. The summed E-state index contributed by atoms with van der Waals surface area (Å²) < 4.78 is 77.6. The highest BCUT2D eigenvalue weighted by Gasteiger charge is 2.76. The Morgan fingerprint density at radius 1 is 0.923 bits per heavy atom. The molecule has 0 radical (unpaired) electrons. The zero-order valence-corrected chi connectivity index (χ0v) is 43.2. The van der Waals surface area contributed by atoms with Crippen LogP contribution in [0.25, 0.3) is 0 Å². The highest BCUT2D eigenvalue weighted by atomic mass is 19.3. The summed E-state index contributed by atoms with van der Waals surface area (Å²) in [7, 11) is 0. The molecule has 25 heteroatoms. The van der Waals surface area contributed by atoms with Gasteiger partial charge < -0.3 is 64.3 Å². The first kappa shape index (κ1) is 57.0. The number of anilines is 1. The van der Waals surface area contributed by atoms with E-state index in [-0.39, 0.29) is 53.9 Å². The van der Waals surface area contributed by atoms with E-state index in [1.54, 1.807) is 45.0 Å². The number of hydrogen-bond donors (Lipinski definition) is 5. The van der Waals surface area contributed by atoms with Gasteiger partial charge in [-0.1, -0.05) is 69.3 Å². The number of hydrogen-bond acceptors (Lipinski definition) is 21. The Bertz CT molecular complexity index is 2920. The molecule has 6 N–H and O–H groups in total. The van der Waals surface area contributed by atoms with Crippen LogP contribution < -0.4 is 16.7 Å². The molecular formula is C53H60F2N4O19.